The first kappa shape index (κ1) is 9.60. The van der Waals surface area contributed by atoms with Crippen LogP contribution >= 0.6 is 11.6 Å². The number of carbonyl (C=O) groups excluding carboxylic acids is 1. The Labute approximate surface area is 61.3 Å². The maximum absolute atomic E-state index is 10.3. The first-order valence-electron chi connectivity index (χ1n) is 2.16. The van der Waals surface area contributed by atoms with Crippen LogP contribution in [-0.2, 0) is 9.53 Å². The number of hydroxylamine groups is 3. The van der Waals surface area contributed by atoms with Gasteiger partial charge in [0, 0.05) is 0 Å². The first-order valence-corrected chi connectivity index (χ1v) is 2.60. The summed E-state index contributed by atoms with van der Waals surface area (Å²) in [5.41, 5.74) is -2.06. The number of ether oxygens (including phenoxy) is 1. The fourth-order valence-corrected chi connectivity index (χ4v) is 0.324. The van der Waals surface area contributed by atoms with Gasteiger partial charge in [0.25, 0.3) is 0 Å². The molecule has 60 valence electrons. The van der Waals surface area contributed by atoms with Crippen molar-refractivity contribution in [2.24, 2.45) is 0 Å². The molecule has 0 aliphatic heterocycles. The van der Waals surface area contributed by atoms with E-state index < -0.39 is 16.4 Å². The molecule has 0 radical (unpaired) electrons. The topological polar surface area (TPSA) is 89.8 Å². The van der Waals surface area contributed by atoms with Gasteiger partial charge >= 0.3 is 11.5 Å². The molecule has 6 nitrogen and oxygen atoms in total. The molecule has 0 spiro atoms. The fourth-order valence-electron chi connectivity index (χ4n) is 0.235. The lowest BCUT2D eigenvalue weighted by Gasteiger charge is -2.25. The largest absolute Gasteiger partial charge is 0.563 e. The van der Waals surface area contributed by atoms with E-state index in [4.69, 9.17) is 22.0 Å². The molecule has 1 unspecified atom stereocenters. The minimum Gasteiger partial charge on any atom is -0.563 e. The van der Waals surface area contributed by atoms with Crippen LogP contribution in [0.25, 0.3) is 0 Å². The second-order valence-electron chi connectivity index (χ2n) is 1.45. The number of rotatable bonds is 2. The number of alkyl halides is 1. The maximum Gasteiger partial charge on any atom is 0.388 e. The van der Waals surface area contributed by atoms with E-state index >= 15 is 0 Å². The van der Waals surface area contributed by atoms with E-state index in [9.17, 15) is 10.0 Å². The highest BCUT2D eigenvalue weighted by atomic mass is 35.5. The average molecular weight is 172 g/mol. The number of quaternary nitrogens is 1. The molecule has 10 heavy (non-hydrogen) atoms. The summed E-state index contributed by atoms with van der Waals surface area (Å²) in [6, 6.07) is 0. The molecule has 0 aromatic rings. The van der Waals surface area contributed by atoms with Gasteiger partial charge in [0.05, 0.1) is 7.11 Å². The highest BCUT2D eigenvalue weighted by molar-refractivity contribution is 6.28. The van der Waals surface area contributed by atoms with Crippen LogP contribution in [-0.4, -0.2) is 34.0 Å². The molecule has 1 atom stereocenters. The highest BCUT2D eigenvalue weighted by Gasteiger charge is 2.33. The lowest BCUT2D eigenvalue weighted by molar-refractivity contribution is -1.21. The van der Waals surface area contributed by atoms with Crippen molar-refractivity contribution in [3.63, 3.8) is 0 Å². The third-order valence-electron chi connectivity index (χ3n) is 0.691. The zero-order valence-electron chi connectivity index (χ0n) is 5.02. The number of hydrogen-bond donors (Lipinski definition) is 2. The first-order chi connectivity index (χ1) is 4.39. The molecule has 0 heterocycles. The van der Waals surface area contributed by atoms with Crippen LogP contribution in [0.15, 0.2) is 0 Å². The van der Waals surface area contributed by atoms with E-state index in [1.54, 1.807) is 0 Å². The molecule has 0 fully saturated rings. The summed E-state index contributed by atoms with van der Waals surface area (Å²) >= 11 is 4.89. The van der Waals surface area contributed by atoms with Gasteiger partial charge in [-0.1, -0.05) is 0 Å². The van der Waals surface area contributed by atoms with Crippen molar-refractivity contribution in [2.45, 2.75) is 5.50 Å². The number of carbonyl (C=O) groups is 1. The Morgan fingerprint density at radius 3 is 2.30 bits per heavy atom. The number of nitrogens with zero attached hydrogens (tertiary/aromatic N) is 1. The summed E-state index contributed by atoms with van der Waals surface area (Å²) in [4.78, 5) is 7.39. The molecule has 2 N–H and O–H groups in total. The summed E-state index contributed by atoms with van der Waals surface area (Å²) in [6.45, 7) is 0. The molecular weight excluding hydrogens is 165 g/mol. The van der Waals surface area contributed by atoms with Crippen LogP contribution in [0.4, 0.5) is 0 Å². The summed E-state index contributed by atoms with van der Waals surface area (Å²) in [5, 5.41) is 26.2. The van der Waals surface area contributed by atoms with E-state index in [1.807, 2.05) is 0 Å². The lowest BCUT2D eigenvalue weighted by atomic mass is 10.7. The van der Waals surface area contributed by atoms with Crippen molar-refractivity contribution < 1.29 is 24.9 Å². The number of hydrogen-bond acceptors (Lipinski definition) is 5. The molecule has 0 aromatic carbocycles. The fraction of sp³-hybridized carbons (Fsp3) is 0.667. The molecule has 0 rings (SSSR count). The smallest absolute Gasteiger partial charge is 0.388 e. The van der Waals surface area contributed by atoms with E-state index in [1.165, 1.54) is 0 Å². The van der Waals surface area contributed by atoms with Crippen LogP contribution < -0.4 is 0 Å². The van der Waals surface area contributed by atoms with Crippen molar-refractivity contribution in [1.29, 1.82) is 0 Å². The molecule has 0 saturated heterocycles. The molecule has 0 bridgehead atoms. The Balaban J connectivity index is 4.08. The molecule has 0 aromatic heterocycles. The third-order valence-corrected chi connectivity index (χ3v) is 1.12. The Morgan fingerprint density at radius 2 is 2.20 bits per heavy atom. The standard InChI is InChI=1S/C3H6ClNO5/c1-10-3(6)2(4)5(7,8)9/h2,7-8H,1H3. The Kier molecular flexibility index (Phi) is 3.00. The number of esters is 1. The van der Waals surface area contributed by atoms with Crippen LogP contribution in [0.3, 0.4) is 0 Å². The predicted molar refractivity (Wildman–Crippen MR) is 28.9 cm³/mol. The minimum absolute atomic E-state index is 0.966. The zero-order valence-corrected chi connectivity index (χ0v) is 5.78. The molecule has 7 heteroatoms. The SMILES string of the molecule is COC(=O)C(Cl)[N+]([O-])(O)O. The normalized spacial score (nSPS) is 14.5. The summed E-state index contributed by atoms with van der Waals surface area (Å²) in [5.74, 6) is -1.21. The Hall–Kier alpha value is -0.400. The van der Waals surface area contributed by atoms with Gasteiger partial charge in [-0.3, -0.25) is 0 Å². The van der Waals surface area contributed by atoms with Gasteiger partial charge < -0.3 is 9.94 Å². The summed E-state index contributed by atoms with van der Waals surface area (Å²) < 4.78 is 3.93. The second kappa shape index (κ2) is 3.13. The van der Waals surface area contributed by atoms with Crippen LogP contribution in [0.1, 0.15) is 0 Å². The Bertz CT molecular complexity index is 131. The molecule has 0 saturated carbocycles. The van der Waals surface area contributed by atoms with Gasteiger partial charge in [-0.15, -0.1) is 0 Å². The zero-order chi connectivity index (χ0) is 8.36. The highest BCUT2D eigenvalue weighted by Crippen LogP contribution is 2.08. The van der Waals surface area contributed by atoms with E-state index in [0.29, 0.717) is 0 Å². The monoisotopic (exact) mass is 171 g/mol. The van der Waals surface area contributed by atoms with Crippen LogP contribution in [0.5, 0.6) is 0 Å². The van der Waals surface area contributed by atoms with Gasteiger partial charge in [-0.2, -0.15) is 10.4 Å². The molecule has 0 aliphatic carbocycles. The quantitative estimate of drug-likeness (QED) is 0.198. The van der Waals surface area contributed by atoms with Gasteiger partial charge in [0.1, 0.15) is 0 Å². The molecule has 0 amide bonds. The lowest BCUT2D eigenvalue weighted by Crippen LogP contribution is -2.46. The molecule has 0 aliphatic rings. The maximum atomic E-state index is 10.3. The van der Waals surface area contributed by atoms with Crippen molar-refractivity contribution in [3.8, 4) is 0 Å². The van der Waals surface area contributed by atoms with E-state index in [0.717, 1.165) is 7.11 Å². The summed E-state index contributed by atoms with van der Waals surface area (Å²) in [6.07, 6.45) is 0. The number of methoxy groups -OCH3 is 1. The van der Waals surface area contributed by atoms with Gasteiger partial charge in [-0.25, -0.2) is 4.79 Å². The van der Waals surface area contributed by atoms with Gasteiger partial charge in [0.15, 0.2) is 0 Å². The number of halogens is 1. The summed E-state index contributed by atoms with van der Waals surface area (Å²) in [7, 11) is 0.966. The van der Waals surface area contributed by atoms with Crippen molar-refractivity contribution in [3.05, 3.63) is 5.21 Å². The van der Waals surface area contributed by atoms with Crippen molar-refractivity contribution in [1.82, 2.24) is 0 Å². The van der Waals surface area contributed by atoms with Gasteiger partial charge in [0.2, 0.25) is 0 Å². The van der Waals surface area contributed by atoms with Crippen LogP contribution in [0.2, 0.25) is 0 Å². The van der Waals surface area contributed by atoms with Crippen LogP contribution in [0, 0.1) is 5.21 Å². The van der Waals surface area contributed by atoms with E-state index in [2.05, 4.69) is 4.74 Å². The average Bonchev–Trinajstić information content (AvgIpc) is 1.83. The van der Waals surface area contributed by atoms with Crippen molar-refractivity contribution in [2.75, 3.05) is 7.11 Å². The van der Waals surface area contributed by atoms with E-state index in [-0.39, 0.29) is 0 Å². The second-order valence-corrected chi connectivity index (χ2v) is 1.86. The predicted octanol–water partition coefficient (Wildman–Crippen LogP) is -0.183. The van der Waals surface area contributed by atoms with Crippen molar-refractivity contribution >= 4 is 17.6 Å². The van der Waals surface area contributed by atoms with Gasteiger partial charge in [-0.05, 0) is 16.6 Å². The Morgan fingerprint density at radius 1 is 1.80 bits per heavy atom. The minimum atomic E-state index is -2.88. The molecular formula is C3H6ClNO5. The third kappa shape index (κ3) is 2.46.